The van der Waals surface area contributed by atoms with Crippen molar-refractivity contribution in [3.63, 3.8) is 0 Å². The van der Waals surface area contributed by atoms with Crippen molar-refractivity contribution >= 4 is 23.9 Å². The Kier molecular flexibility index (Phi) is 14.1. The number of carbonyl (C=O) groups is 4. The molecule has 130 valence electrons. The third-order valence-corrected chi connectivity index (χ3v) is 1.99. The molecule has 0 unspecified atom stereocenters. The molecule has 0 aromatic heterocycles. The highest BCUT2D eigenvalue weighted by Gasteiger charge is 2.11. The number of methoxy groups -OCH3 is 2. The molecule has 0 aliphatic carbocycles. The molecule has 8 heteroatoms. The first kappa shape index (κ1) is 22.6. The quantitative estimate of drug-likeness (QED) is 0.386. The van der Waals surface area contributed by atoms with E-state index in [1.807, 2.05) is 0 Å². The van der Waals surface area contributed by atoms with Crippen LogP contribution in [0.2, 0.25) is 0 Å². The van der Waals surface area contributed by atoms with Gasteiger partial charge in [0.05, 0.1) is 33.9 Å². The Labute approximate surface area is 135 Å². The van der Waals surface area contributed by atoms with E-state index >= 15 is 0 Å². The Morgan fingerprint density at radius 3 is 1.61 bits per heavy atom. The zero-order valence-corrected chi connectivity index (χ0v) is 13.7. The van der Waals surface area contributed by atoms with Gasteiger partial charge in [0.25, 0.3) is 0 Å². The summed E-state index contributed by atoms with van der Waals surface area (Å²) in [7, 11) is 2.47. The van der Waals surface area contributed by atoms with E-state index in [1.54, 1.807) is 13.8 Å². The molecule has 0 saturated carbocycles. The van der Waals surface area contributed by atoms with E-state index in [0.717, 1.165) is 12.2 Å². The van der Waals surface area contributed by atoms with E-state index in [0.29, 0.717) is 13.2 Å². The van der Waals surface area contributed by atoms with Crippen molar-refractivity contribution < 1.29 is 38.1 Å². The minimum atomic E-state index is -0.588. The predicted molar refractivity (Wildman–Crippen MR) is 80.2 cm³/mol. The summed E-state index contributed by atoms with van der Waals surface area (Å²) in [6.45, 7) is 7.31. The van der Waals surface area contributed by atoms with Gasteiger partial charge in [-0.2, -0.15) is 0 Å². The first-order chi connectivity index (χ1) is 10.8. The summed E-state index contributed by atoms with van der Waals surface area (Å²) in [5.74, 6) is -2.16. The third-order valence-electron chi connectivity index (χ3n) is 1.99. The van der Waals surface area contributed by atoms with Crippen LogP contribution in [0.5, 0.6) is 0 Å². The molecule has 0 aromatic rings. The molecule has 0 N–H and O–H groups in total. The maximum atomic E-state index is 10.6. The average Bonchev–Trinajstić information content (AvgIpc) is 2.53. The Morgan fingerprint density at radius 1 is 0.870 bits per heavy atom. The molecule has 0 aliphatic rings. The van der Waals surface area contributed by atoms with Crippen LogP contribution in [0.15, 0.2) is 24.3 Å². The molecule has 8 nitrogen and oxygen atoms in total. The van der Waals surface area contributed by atoms with E-state index in [9.17, 15) is 19.2 Å². The molecule has 0 aromatic carbocycles. The lowest BCUT2D eigenvalue weighted by atomic mass is 10.2. The van der Waals surface area contributed by atoms with Gasteiger partial charge < -0.3 is 18.9 Å². The average molecular weight is 330 g/mol. The van der Waals surface area contributed by atoms with Gasteiger partial charge in [-0.3, -0.25) is 4.79 Å². The number of carbonyl (C=O) groups excluding carboxylic acids is 4. The summed E-state index contributed by atoms with van der Waals surface area (Å²) >= 11 is 0. The Balaban J connectivity index is 0. The summed E-state index contributed by atoms with van der Waals surface area (Å²) in [6, 6.07) is 0. The molecule has 0 saturated heterocycles. The maximum absolute atomic E-state index is 10.6. The first-order valence-electron chi connectivity index (χ1n) is 6.66. The van der Waals surface area contributed by atoms with Crippen LogP contribution < -0.4 is 0 Å². The van der Waals surface area contributed by atoms with E-state index < -0.39 is 23.9 Å². The minimum absolute atomic E-state index is 0.0966. The molecule has 0 radical (unpaired) electrons. The highest BCUT2D eigenvalue weighted by molar-refractivity contribution is 5.93. The number of hydrogen-bond acceptors (Lipinski definition) is 8. The van der Waals surface area contributed by atoms with E-state index in [4.69, 9.17) is 0 Å². The van der Waals surface area contributed by atoms with Crippen molar-refractivity contribution in [2.75, 3.05) is 27.4 Å². The van der Waals surface area contributed by atoms with Crippen LogP contribution in [0.25, 0.3) is 0 Å². The van der Waals surface area contributed by atoms with Crippen LogP contribution >= 0.6 is 0 Å². The fraction of sp³-hybridized carbons (Fsp3) is 0.467. The summed E-state index contributed by atoms with van der Waals surface area (Å²) in [5.41, 5.74) is 0.0966. The molecular weight excluding hydrogens is 308 g/mol. The van der Waals surface area contributed by atoms with Crippen molar-refractivity contribution in [2.24, 2.45) is 0 Å². The number of esters is 4. The largest absolute Gasteiger partial charge is 0.469 e. The second-order valence-electron chi connectivity index (χ2n) is 3.69. The Hall–Kier alpha value is -2.64. The zero-order valence-electron chi connectivity index (χ0n) is 13.7. The molecule has 0 aliphatic heterocycles. The summed E-state index contributed by atoms with van der Waals surface area (Å²) in [5, 5.41) is 0. The number of hydrogen-bond donors (Lipinski definition) is 0. The Bertz CT molecular complexity index is 430. The van der Waals surface area contributed by atoms with Crippen molar-refractivity contribution in [1.82, 2.24) is 0 Å². The van der Waals surface area contributed by atoms with Crippen molar-refractivity contribution in [3.05, 3.63) is 24.3 Å². The summed E-state index contributed by atoms with van der Waals surface area (Å²) < 4.78 is 17.7. The SMILES string of the molecule is C=C(CC(=O)OC)C(=O)OC.CCOC(=O)C=CC(=O)OCC. The number of ether oxygens (including phenoxy) is 4. The van der Waals surface area contributed by atoms with Crippen molar-refractivity contribution in [3.8, 4) is 0 Å². The predicted octanol–water partition coefficient (Wildman–Crippen LogP) is 0.947. The molecule has 0 rings (SSSR count). The normalized spacial score (nSPS) is 9.22. The molecule has 0 atom stereocenters. The topological polar surface area (TPSA) is 105 Å². The monoisotopic (exact) mass is 330 g/mol. The Morgan fingerprint density at radius 2 is 1.30 bits per heavy atom. The van der Waals surface area contributed by atoms with Gasteiger partial charge in [0.1, 0.15) is 0 Å². The summed E-state index contributed by atoms with van der Waals surface area (Å²) in [4.78, 5) is 42.5. The lowest BCUT2D eigenvalue weighted by Gasteiger charge is -2.00. The van der Waals surface area contributed by atoms with Crippen LogP contribution in [0.1, 0.15) is 20.3 Å². The zero-order chi connectivity index (χ0) is 18.3. The fourth-order valence-corrected chi connectivity index (χ4v) is 0.980. The van der Waals surface area contributed by atoms with Gasteiger partial charge in [-0.25, -0.2) is 14.4 Å². The molecule has 0 spiro atoms. The lowest BCUT2D eigenvalue weighted by Crippen LogP contribution is -2.09. The maximum Gasteiger partial charge on any atom is 0.333 e. The van der Waals surface area contributed by atoms with Gasteiger partial charge in [0.2, 0.25) is 0 Å². The van der Waals surface area contributed by atoms with E-state index in [1.165, 1.54) is 14.2 Å². The number of rotatable bonds is 7. The van der Waals surface area contributed by atoms with Gasteiger partial charge in [0.15, 0.2) is 0 Å². The molecular formula is C15H22O8. The first-order valence-corrected chi connectivity index (χ1v) is 6.66. The molecule has 0 amide bonds. The fourth-order valence-electron chi connectivity index (χ4n) is 0.980. The van der Waals surface area contributed by atoms with E-state index in [2.05, 4.69) is 25.5 Å². The standard InChI is InChI=1S/C8H12O4.C7H10O4/c1-3-11-7(9)5-6-8(10)12-4-2;1-5(7(9)11-3)4-6(8)10-2/h5-6H,3-4H2,1-2H3;1,4H2,2-3H3. The molecule has 23 heavy (non-hydrogen) atoms. The van der Waals surface area contributed by atoms with E-state index in [-0.39, 0.29) is 12.0 Å². The van der Waals surface area contributed by atoms with Crippen LogP contribution in [0.3, 0.4) is 0 Å². The van der Waals surface area contributed by atoms with Crippen LogP contribution in [-0.4, -0.2) is 51.3 Å². The van der Waals surface area contributed by atoms with Gasteiger partial charge >= 0.3 is 23.9 Å². The minimum Gasteiger partial charge on any atom is -0.469 e. The summed E-state index contributed by atoms with van der Waals surface area (Å²) in [6.07, 6.45) is 1.96. The smallest absolute Gasteiger partial charge is 0.333 e. The highest BCUT2D eigenvalue weighted by Crippen LogP contribution is 2.00. The van der Waals surface area contributed by atoms with Crippen LogP contribution in [-0.2, 0) is 38.1 Å². The highest BCUT2D eigenvalue weighted by atomic mass is 16.5. The van der Waals surface area contributed by atoms with Gasteiger partial charge in [-0.1, -0.05) is 6.58 Å². The van der Waals surface area contributed by atoms with Crippen LogP contribution in [0, 0.1) is 0 Å². The van der Waals surface area contributed by atoms with Crippen LogP contribution in [0.4, 0.5) is 0 Å². The van der Waals surface area contributed by atoms with Gasteiger partial charge in [-0.05, 0) is 13.8 Å². The van der Waals surface area contributed by atoms with Gasteiger partial charge in [0, 0.05) is 17.7 Å². The second kappa shape index (κ2) is 14.3. The second-order valence-corrected chi connectivity index (χ2v) is 3.69. The molecule has 0 fully saturated rings. The van der Waals surface area contributed by atoms with Gasteiger partial charge in [-0.15, -0.1) is 0 Å². The molecule has 0 bridgehead atoms. The van der Waals surface area contributed by atoms with Crippen molar-refractivity contribution in [1.29, 1.82) is 0 Å². The lowest BCUT2D eigenvalue weighted by molar-refractivity contribution is -0.143. The van der Waals surface area contributed by atoms with Crippen molar-refractivity contribution in [2.45, 2.75) is 20.3 Å². The third kappa shape index (κ3) is 14.1. The molecule has 0 heterocycles.